The van der Waals surface area contributed by atoms with Crippen LogP contribution in [0, 0.1) is 11.8 Å². The van der Waals surface area contributed by atoms with Crippen molar-refractivity contribution in [2.45, 2.75) is 6.54 Å². The molecule has 2 saturated heterocycles. The fourth-order valence-corrected chi connectivity index (χ4v) is 3.68. The standard InChI is InChI=1S/C10H14ClN3S/c11-10-13-3-9(15-10)6-14-4-7-1-12-2-8(7)5-14/h3,7-8,12H,1-2,4-6H2/t7-,8+. The normalized spacial score (nSPS) is 31.0. The molecular formula is C10H14ClN3S. The number of hydrogen-bond acceptors (Lipinski definition) is 4. The molecule has 1 aromatic rings. The molecule has 0 bridgehead atoms. The molecule has 82 valence electrons. The fourth-order valence-electron chi connectivity index (χ4n) is 2.66. The Morgan fingerprint density at radius 2 is 2.20 bits per heavy atom. The second-order valence-corrected chi connectivity index (χ2v) is 6.15. The predicted molar refractivity (Wildman–Crippen MR) is 62.3 cm³/mol. The van der Waals surface area contributed by atoms with Crippen molar-refractivity contribution in [1.82, 2.24) is 15.2 Å². The van der Waals surface area contributed by atoms with E-state index in [1.807, 2.05) is 6.20 Å². The molecule has 5 heteroatoms. The van der Waals surface area contributed by atoms with E-state index < -0.39 is 0 Å². The average Bonchev–Trinajstić information content (AvgIpc) is 2.81. The molecule has 2 fully saturated rings. The molecule has 15 heavy (non-hydrogen) atoms. The van der Waals surface area contributed by atoms with Crippen molar-refractivity contribution in [2.24, 2.45) is 11.8 Å². The Hall–Kier alpha value is -0.160. The predicted octanol–water partition coefficient (Wildman–Crippen LogP) is 1.45. The first kappa shape index (κ1) is 10.0. The van der Waals surface area contributed by atoms with Gasteiger partial charge in [0.2, 0.25) is 0 Å². The van der Waals surface area contributed by atoms with Gasteiger partial charge in [0, 0.05) is 30.7 Å². The Labute approximate surface area is 98.4 Å². The topological polar surface area (TPSA) is 28.2 Å². The van der Waals surface area contributed by atoms with Crippen LogP contribution in [0.5, 0.6) is 0 Å². The number of thiazole rings is 1. The quantitative estimate of drug-likeness (QED) is 0.852. The van der Waals surface area contributed by atoms with E-state index in [9.17, 15) is 0 Å². The van der Waals surface area contributed by atoms with Gasteiger partial charge in [0.05, 0.1) is 0 Å². The molecule has 3 nitrogen and oxygen atoms in total. The summed E-state index contributed by atoms with van der Waals surface area (Å²) in [6.07, 6.45) is 1.90. The first-order chi connectivity index (χ1) is 7.31. The largest absolute Gasteiger partial charge is 0.316 e. The van der Waals surface area contributed by atoms with Crippen LogP contribution in [0.15, 0.2) is 6.20 Å². The zero-order valence-electron chi connectivity index (χ0n) is 8.45. The minimum atomic E-state index is 0.658. The fraction of sp³-hybridized carbons (Fsp3) is 0.700. The zero-order valence-corrected chi connectivity index (χ0v) is 10.0. The molecule has 1 aromatic heterocycles. The van der Waals surface area contributed by atoms with Gasteiger partial charge in [-0.2, -0.15) is 0 Å². The highest BCUT2D eigenvalue weighted by Gasteiger charge is 2.35. The van der Waals surface area contributed by atoms with Gasteiger partial charge in [-0.05, 0) is 24.9 Å². The maximum atomic E-state index is 5.82. The van der Waals surface area contributed by atoms with Gasteiger partial charge in [-0.1, -0.05) is 11.6 Å². The van der Waals surface area contributed by atoms with E-state index in [1.165, 1.54) is 31.1 Å². The van der Waals surface area contributed by atoms with E-state index in [-0.39, 0.29) is 0 Å². The molecule has 2 aliphatic rings. The Morgan fingerprint density at radius 3 is 2.80 bits per heavy atom. The minimum Gasteiger partial charge on any atom is -0.316 e. The molecule has 2 atom stereocenters. The molecular weight excluding hydrogens is 230 g/mol. The third-order valence-corrected chi connectivity index (χ3v) is 4.47. The van der Waals surface area contributed by atoms with Gasteiger partial charge in [-0.3, -0.25) is 4.90 Å². The maximum Gasteiger partial charge on any atom is 0.183 e. The van der Waals surface area contributed by atoms with Gasteiger partial charge in [0.1, 0.15) is 0 Å². The minimum absolute atomic E-state index is 0.658. The van der Waals surface area contributed by atoms with Crippen molar-refractivity contribution in [3.05, 3.63) is 15.5 Å². The van der Waals surface area contributed by atoms with Crippen molar-refractivity contribution in [1.29, 1.82) is 0 Å². The van der Waals surface area contributed by atoms with Gasteiger partial charge in [-0.25, -0.2) is 4.98 Å². The summed E-state index contributed by atoms with van der Waals surface area (Å²) in [6.45, 7) is 5.88. The molecule has 0 saturated carbocycles. The molecule has 3 heterocycles. The van der Waals surface area contributed by atoms with Crippen LogP contribution in [-0.2, 0) is 6.54 Å². The monoisotopic (exact) mass is 243 g/mol. The summed E-state index contributed by atoms with van der Waals surface area (Å²) < 4.78 is 0.658. The highest BCUT2D eigenvalue weighted by Crippen LogP contribution is 2.28. The van der Waals surface area contributed by atoms with Crippen LogP contribution in [0.4, 0.5) is 0 Å². The van der Waals surface area contributed by atoms with E-state index in [4.69, 9.17) is 11.6 Å². The summed E-state index contributed by atoms with van der Waals surface area (Å²) in [5.74, 6) is 1.74. The Kier molecular flexibility index (Phi) is 2.68. The number of aromatic nitrogens is 1. The number of halogens is 1. The number of fused-ring (bicyclic) bond motifs is 1. The van der Waals surface area contributed by atoms with E-state index >= 15 is 0 Å². The van der Waals surface area contributed by atoms with Crippen molar-refractivity contribution in [3.8, 4) is 0 Å². The molecule has 2 aliphatic heterocycles. The van der Waals surface area contributed by atoms with E-state index in [1.54, 1.807) is 11.3 Å². The van der Waals surface area contributed by atoms with Gasteiger partial charge < -0.3 is 5.32 Å². The van der Waals surface area contributed by atoms with Crippen molar-refractivity contribution < 1.29 is 0 Å². The first-order valence-electron chi connectivity index (χ1n) is 5.34. The summed E-state index contributed by atoms with van der Waals surface area (Å²) >= 11 is 7.42. The zero-order chi connectivity index (χ0) is 10.3. The van der Waals surface area contributed by atoms with Crippen LogP contribution < -0.4 is 5.32 Å². The number of rotatable bonds is 2. The molecule has 0 unspecified atom stereocenters. The van der Waals surface area contributed by atoms with Crippen LogP contribution in [0.1, 0.15) is 4.88 Å². The average molecular weight is 244 g/mol. The number of hydrogen-bond donors (Lipinski definition) is 1. The Morgan fingerprint density at radius 1 is 1.47 bits per heavy atom. The summed E-state index contributed by atoms with van der Waals surface area (Å²) in [5, 5.41) is 3.46. The number of nitrogens with zero attached hydrogens (tertiary/aromatic N) is 2. The van der Waals surface area contributed by atoms with Gasteiger partial charge >= 0.3 is 0 Å². The number of nitrogens with one attached hydrogen (secondary N) is 1. The molecule has 3 rings (SSSR count). The maximum absolute atomic E-state index is 5.82. The molecule has 0 spiro atoms. The smallest absolute Gasteiger partial charge is 0.183 e. The molecule has 0 radical (unpaired) electrons. The third kappa shape index (κ3) is 2.04. The second-order valence-electron chi connectivity index (χ2n) is 4.45. The lowest BCUT2D eigenvalue weighted by Crippen LogP contribution is -2.25. The highest BCUT2D eigenvalue weighted by atomic mass is 35.5. The Balaban J connectivity index is 1.61. The lowest BCUT2D eigenvalue weighted by atomic mass is 10.0. The van der Waals surface area contributed by atoms with Crippen LogP contribution in [0.3, 0.4) is 0 Å². The SMILES string of the molecule is Clc1ncc(CN2C[C@H]3CNC[C@H]3C2)s1. The van der Waals surface area contributed by atoms with Crippen LogP contribution in [0.25, 0.3) is 0 Å². The summed E-state index contributed by atoms with van der Waals surface area (Å²) in [5.41, 5.74) is 0. The van der Waals surface area contributed by atoms with Gasteiger partial charge in [0.15, 0.2) is 4.47 Å². The molecule has 0 aliphatic carbocycles. The van der Waals surface area contributed by atoms with Crippen molar-refractivity contribution >= 4 is 22.9 Å². The van der Waals surface area contributed by atoms with Crippen LogP contribution in [0.2, 0.25) is 4.47 Å². The molecule has 1 N–H and O–H groups in total. The first-order valence-corrected chi connectivity index (χ1v) is 6.54. The van der Waals surface area contributed by atoms with Crippen molar-refractivity contribution in [2.75, 3.05) is 26.2 Å². The highest BCUT2D eigenvalue weighted by molar-refractivity contribution is 7.15. The van der Waals surface area contributed by atoms with Crippen molar-refractivity contribution in [3.63, 3.8) is 0 Å². The van der Waals surface area contributed by atoms with Crippen LogP contribution >= 0.6 is 22.9 Å². The summed E-state index contributed by atoms with van der Waals surface area (Å²) in [7, 11) is 0. The molecule has 0 aromatic carbocycles. The Bertz CT molecular complexity index is 342. The lowest BCUT2D eigenvalue weighted by molar-refractivity contribution is 0.308. The van der Waals surface area contributed by atoms with E-state index in [0.717, 1.165) is 18.4 Å². The lowest BCUT2D eigenvalue weighted by Gasteiger charge is -2.15. The van der Waals surface area contributed by atoms with E-state index in [2.05, 4.69) is 15.2 Å². The summed E-state index contributed by atoms with van der Waals surface area (Å²) in [4.78, 5) is 7.89. The van der Waals surface area contributed by atoms with E-state index in [0.29, 0.717) is 4.47 Å². The number of likely N-dealkylation sites (tertiary alicyclic amines) is 1. The van der Waals surface area contributed by atoms with Crippen LogP contribution in [-0.4, -0.2) is 36.1 Å². The third-order valence-electron chi connectivity index (χ3n) is 3.37. The molecule has 0 amide bonds. The second kappa shape index (κ2) is 4.01. The van der Waals surface area contributed by atoms with Gasteiger partial charge in [-0.15, -0.1) is 11.3 Å². The summed E-state index contributed by atoms with van der Waals surface area (Å²) in [6, 6.07) is 0. The van der Waals surface area contributed by atoms with Gasteiger partial charge in [0.25, 0.3) is 0 Å².